The maximum atomic E-state index is 10.7. The summed E-state index contributed by atoms with van der Waals surface area (Å²) in [7, 11) is 9.12. The van der Waals surface area contributed by atoms with E-state index in [-0.39, 0.29) is 0 Å². The van der Waals surface area contributed by atoms with Crippen LogP contribution in [0.2, 0.25) is 0 Å². The Balaban J connectivity index is 2.32. The van der Waals surface area contributed by atoms with Crippen molar-refractivity contribution in [1.29, 1.82) is 0 Å². The van der Waals surface area contributed by atoms with Crippen molar-refractivity contribution in [2.45, 2.75) is 0 Å². The van der Waals surface area contributed by atoms with Gasteiger partial charge in [0.25, 0.3) is 0 Å². The van der Waals surface area contributed by atoms with Gasteiger partial charge in [-0.25, -0.2) is 0 Å². The molecule has 0 heterocycles. The van der Waals surface area contributed by atoms with E-state index in [9.17, 15) is 3.50 Å². The standard InChI is InChI=1S/Cl2FGeH/c1-4(2)3/h4H. The fourth-order valence-electron chi connectivity index (χ4n) is 0. The predicted molar refractivity (Wildman–Crippen MR) is 20.0 cm³/mol. The number of halogens is 3. The normalized spacial score (nSPS) is 9.00. The molecule has 0 saturated heterocycles. The zero-order chi connectivity index (χ0) is 3.58. The third-order valence-electron chi connectivity index (χ3n) is 0. The zero-order valence-electron chi connectivity index (χ0n) is 1.71. The molecule has 0 rings (SSSR count). The number of rotatable bonds is 0. The average Bonchev–Trinajstić information content (AvgIpc) is 0.811. The molecule has 0 atom stereocenters. The summed E-state index contributed by atoms with van der Waals surface area (Å²) in [5.41, 5.74) is 0. The quantitative estimate of drug-likeness (QED) is 0.470. The topological polar surface area (TPSA) is 0 Å². The minimum atomic E-state index is -3.03. The van der Waals surface area contributed by atoms with Crippen LogP contribution in [0.25, 0.3) is 0 Å². The molecule has 0 saturated carbocycles. The Labute approximate surface area is 36.9 Å². The van der Waals surface area contributed by atoms with Crippen molar-refractivity contribution in [3.63, 3.8) is 0 Å². The van der Waals surface area contributed by atoms with E-state index < -0.39 is 13.0 Å². The van der Waals surface area contributed by atoms with E-state index in [1.807, 2.05) is 0 Å². The molecule has 4 heavy (non-hydrogen) atoms. The Kier molecular flexibility index (Phi) is 2.90. The van der Waals surface area contributed by atoms with Gasteiger partial charge >= 0.3 is 36.5 Å². The Bertz CT molecular complexity index is 10.8. The molecule has 0 unspecified atom stereocenters. The number of hydrogen-bond acceptors (Lipinski definition) is 0. The average molecular weight is 164 g/mol. The summed E-state index contributed by atoms with van der Waals surface area (Å²) in [5.74, 6) is 0. The van der Waals surface area contributed by atoms with Crippen molar-refractivity contribution in [3.05, 3.63) is 0 Å². The first-order valence-corrected chi connectivity index (χ1v) is 7.94. The summed E-state index contributed by atoms with van der Waals surface area (Å²) in [6, 6.07) is 0. The fourth-order valence-corrected chi connectivity index (χ4v) is 0. The van der Waals surface area contributed by atoms with Gasteiger partial charge in [-0.15, -0.1) is 0 Å². The molecule has 0 nitrogen and oxygen atoms in total. The second-order valence-corrected chi connectivity index (χ2v) is 6.43. The number of hydrogen-bond donors (Lipinski definition) is 0. The molecule has 0 aliphatic rings. The van der Waals surface area contributed by atoms with Gasteiger partial charge in [-0.1, -0.05) is 0 Å². The summed E-state index contributed by atoms with van der Waals surface area (Å²) in [5, 5.41) is 0. The molecule has 0 aromatic carbocycles. The van der Waals surface area contributed by atoms with Crippen LogP contribution in [-0.2, 0) is 0 Å². The Morgan fingerprint density at radius 3 is 1.50 bits per heavy atom. The molecule has 4 heteroatoms. The first-order chi connectivity index (χ1) is 1.73. The van der Waals surface area contributed by atoms with E-state index in [0.29, 0.717) is 0 Å². The Morgan fingerprint density at radius 2 is 1.50 bits per heavy atom. The fraction of sp³-hybridized carbons (Fsp3) is 0. The summed E-state index contributed by atoms with van der Waals surface area (Å²) < 4.78 is 10.7. The first kappa shape index (κ1) is 5.05. The van der Waals surface area contributed by atoms with Crippen LogP contribution in [0, 0.1) is 0 Å². The molecule has 0 radical (unpaired) electrons. The third-order valence-corrected chi connectivity index (χ3v) is 0. The zero-order valence-corrected chi connectivity index (χ0v) is 5.65. The molecule has 0 aromatic heterocycles. The van der Waals surface area contributed by atoms with Crippen LogP contribution >= 0.6 is 20.0 Å². The molecular formula is HCl2FGe. The van der Waals surface area contributed by atoms with Crippen molar-refractivity contribution in [2.75, 3.05) is 0 Å². The van der Waals surface area contributed by atoms with E-state index >= 15 is 0 Å². The van der Waals surface area contributed by atoms with E-state index in [1.165, 1.54) is 0 Å². The van der Waals surface area contributed by atoms with Crippen LogP contribution in [0.3, 0.4) is 0 Å². The van der Waals surface area contributed by atoms with E-state index in [1.54, 1.807) is 0 Å². The molecular weight excluding hydrogens is 163 g/mol. The van der Waals surface area contributed by atoms with Gasteiger partial charge in [0, 0.05) is 0 Å². The van der Waals surface area contributed by atoms with Gasteiger partial charge < -0.3 is 0 Å². The van der Waals surface area contributed by atoms with Gasteiger partial charge in [-0.3, -0.25) is 0 Å². The van der Waals surface area contributed by atoms with Gasteiger partial charge in [0.05, 0.1) is 0 Å². The summed E-state index contributed by atoms with van der Waals surface area (Å²) in [6.07, 6.45) is 0. The predicted octanol–water partition coefficient (Wildman–Crippen LogP) is 1.15. The van der Waals surface area contributed by atoms with Gasteiger partial charge in [0.1, 0.15) is 0 Å². The summed E-state index contributed by atoms with van der Waals surface area (Å²) in [4.78, 5) is 0. The van der Waals surface area contributed by atoms with Gasteiger partial charge in [-0.05, 0) is 0 Å². The van der Waals surface area contributed by atoms with Crippen LogP contribution in [0.5, 0.6) is 0 Å². The van der Waals surface area contributed by atoms with Crippen LogP contribution in [0.1, 0.15) is 0 Å². The van der Waals surface area contributed by atoms with Crippen LogP contribution in [0.15, 0.2) is 0 Å². The first-order valence-electron chi connectivity index (χ1n) is 0.655. The van der Waals surface area contributed by atoms with Crippen molar-refractivity contribution in [1.82, 2.24) is 0 Å². The van der Waals surface area contributed by atoms with E-state index in [2.05, 4.69) is 20.0 Å². The second-order valence-electron chi connectivity index (χ2n) is 0.247. The Morgan fingerprint density at radius 1 is 1.50 bits per heavy atom. The van der Waals surface area contributed by atoms with Crippen LogP contribution < -0.4 is 0 Å². The summed E-state index contributed by atoms with van der Waals surface area (Å²) >= 11 is -3.03. The van der Waals surface area contributed by atoms with Crippen molar-refractivity contribution in [3.8, 4) is 0 Å². The van der Waals surface area contributed by atoms with E-state index in [4.69, 9.17) is 0 Å². The SMILES string of the molecule is [F][GeH]([Cl])[Cl]. The van der Waals surface area contributed by atoms with Gasteiger partial charge in [0.2, 0.25) is 0 Å². The molecule has 0 aliphatic heterocycles. The van der Waals surface area contributed by atoms with Crippen molar-refractivity contribution >= 4 is 33.0 Å². The van der Waals surface area contributed by atoms with Crippen molar-refractivity contribution < 1.29 is 3.50 Å². The molecule has 0 spiro atoms. The van der Waals surface area contributed by atoms with Crippen LogP contribution in [0.4, 0.5) is 3.50 Å². The third kappa shape index (κ3) is 11.6. The molecule has 0 fully saturated rings. The maximum absolute atomic E-state index is 10.7. The van der Waals surface area contributed by atoms with Gasteiger partial charge in [0.15, 0.2) is 0 Å². The van der Waals surface area contributed by atoms with Gasteiger partial charge in [-0.2, -0.15) is 0 Å². The monoisotopic (exact) mass is 164 g/mol. The molecule has 0 aliphatic carbocycles. The summed E-state index contributed by atoms with van der Waals surface area (Å²) in [6.45, 7) is 0. The second kappa shape index (κ2) is 2.30. The van der Waals surface area contributed by atoms with E-state index in [0.717, 1.165) is 0 Å². The molecule has 0 N–H and O–H groups in total. The molecule has 0 amide bonds. The molecule has 26 valence electrons. The molecule has 0 aromatic rings. The molecule has 0 bridgehead atoms. The van der Waals surface area contributed by atoms with Crippen LogP contribution in [-0.4, -0.2) is 13.0 Å². The van der Waals surface area contributed by atoms with Crippen molar-refractivity contribution in [2.24, 2.45) is 0 Å². The minimum absolute atomic E-state index is 3.03. The Hall–Kier alpha value is 1.05.